The monoisotopic (exact) mass is 362 g/mol. The van der Waals surface area contributed by atoms with Gasteiger partial charge in [0.15, 0.2) is 23.1 Å². The molecule has 0 aliphatic carbocycles. The van der Waals surface area contributed by atoms with Gasteiger partial charge < -0.3 is 9.05 Å². The molecule has 0 unspecified atom stereocenters. The Morgan fingerprint density at radius 3 is 1.88 bits per heavy atom. The topological polar surface area (TPSA) is 60.5 Å². The fraction of sp³-hybridized carbons (Fsp3) is 0. The molecule has 0 bridgehead atoms. The summed E-state index contributed by atoms with van der Waals surface area (Å²) in [5, 5.41) is 2.52. The Morgan fingerprint density at radius 1 is 0.840 bits per heavy atom. The predicted octanol–water partition coefficient (Wildman–Crippen LogP) is 5.04. The molecule has 1 aromatic heterocycles. The molecule has 1 heterocycles. The van der Waals surface area contributed by atoms with Crippen molar-refractivity contribution in [2.24, 2.45) is 0 Å². The van der Waals surface area contributed by atoms with E-state index in [1.807, 2.05) is 0 Å². The number of benzene rings is 2. The van der Waals surface area contributed by atoms with Gasteiger partial charge in [-0.3, -0.25) is 10.1 Å². The largest absolute Gasteiger partial charge is 0.541 e. The number of rotatable bonds is 6. The standard InChI is InChI=1S/C17H13F2N2O3P/c18-14-7-1-3-9-16(14)23-25(22,21-13-6-5-11-20-12-13)24-17-10-4-2-8-15(17)19/h1-12H,(H,21,22). The summed E-state index contributed by atoms with van der Waals surface area (Å²) in [6.07, 6.45) is 2.90. The lowest BCUT2D eigenvalue weighted by molar-refractivity contribution is 0.373. The molecule has 0 spiro atoms. The van der Waals surface area contributed by atoms with Crippen LogP contribution in [0.15, 0.2) is 73.1 Å². The molecular weight excluding hydrogens is 349 g/mol. The summed E-state index contributed by atoms with van der Waals surface area (Å²) in [6, 6.07) is 14.0. The summed E-state index contributed by atoms with van der Waals surface area (Å²) >= 11 is 0. The zero-order valence-electron chi connectivity index (χ0n) is 12.8. The van der Waals surface area contributed by atoms with Crippen LogP contribution in [0.5, 0.6) is 11.5 Å². The lowest BCUT2D eigenvalue weighted by atomic mass is 10.3. The first-order chi connectivity index (χ1) is 12.1. The number of para-hydroxylation sites is 2. The zero-order chi connectivity index (χ0) is 17.7. The molecule has 2 aromatic carbocycles. The zero-order valence-corrected chi connectivity index (χ0v) is 13.7. The summed E-state index contributed by atoms with van der Waals surface area (Å²) in [4.78, 5) is 3.88. The second-order valence-corrected chi connectivity index (χ2v) is 6.48. The highest BCUT2D eigenvalue weighted by atomic mass is 31.2. The van der Waals surface area contributed by atoms with E-state index >= 15 is 0 Å². The minimum Gasteiger partial charge on any atom is -0.397 e. The second kappa shape index (κ2) is 7.32. The van der Waals surface area contributed by atoms with Crippen LogP contribution in [0.4, 0.5) is 14.5 Å². The minimum atomic E-state index is -4.21. The highest BCUT2D eigenvalue weighted by Crippen LogP contribution is 2.49. The predicted molar refractivity (Wildman–Crippen MR) is 89.5 cm³/mol. The fourth-order valence-electron chi connectivity index (χ4n) is 1.95. The van der Waals surface area contributed by atoms with Crippen LogP contribution in [0.3, 0.4) is 0 Å². The van der Waals surface area contributed by atoms with Crippen molar-refractivity contribution in [3.05, 3.63) is 84.7 Å². The van der Waals surface area contributed by atoms with Gasteiger partial charge in [-0.25, -0.2) is 13.3 Å². The molecule has 25 heavy (non-hydrogen) atoms. The maximum atomic E-state index is 13.9. The number of nitrogens with zero attached hydrogens (tertiary/aromatic N) is 1. The lowest BCUT2D eigenvalue weighted by Crippen LogP contribution is -2.11. The van der Waals surface area contributed by atoms with Crippen LogP contribution in [0.25, 0.3) is 0 Å². The average Bonchev–Trinajstić information content (AvgIpc) is 2.60. The average molecular weight is 362 g/mol. The molecule has 128 valence electrons. The number of hydrogen-bond donors (Lipinski definition) is 1. The van der Waals surface area contributed by atoms with Crippen molar-refractivity contribution in [3.8, 4) is 11.5 Å². The van der Waals surface area contributed by atoms with Crippen LogP contribution in [-0.2, 0) is 4.57 Å². The maximum absolute atomic E-state index is 13.9. The van der Waals surface area contributed by atoms with Gasteiger partial charge in [-0.05, 0) is 36.4 Å². The molecule has 0 atom stereocenters. The Hall–Kier alpha value is -2.92. The summed E-state index contributed by atoms with van der Waals surface area (Å²) in [5.74, 6) is -2.04. The Bertz CT molecular complexity index is 858. The lowest BCUT2D eigenvalue weighted by Gasteiger charge is -2.21. The van der Waals surface area contributed by atoms with Crippen molar-refractivity contribution in [2.75, 3.05) is 5.09 Å². The summed E-state index contributed by atoms with van der Waals surface area (Å²) in [5.41, 5.74) is 0.304. The molecule has 3 aromatic rings. The third kappa shape index (κ3) is 4.33. The van der Waals surface area contributed by atoms with Crippen molar-refractivity contribution in [2.45, 2.75) is 0 Å². The van der Waals surface area contributed by atoms with Crippen molar-refractivity contribution < 1.29 is 22.4 Å². The van der Waals surface area contributed by atoms with E-state index in [1.165, 1.54) is 48.8 Å². The third-order valence-corrected chi connectivity index (χ3v) is 4.44. The molecule has 0 fully saturated rings. The van der Waals surface area contributed by atoms with Crippen molar-refractivity contribution in [3.63, 3.8) is 0 Å². The van der Waals surface area contributed by atoms with Crippen LogP contribution in [-0.4, -0.2) is 4.98 Å². The van der Waals surface area contributed by atoms with Gasteiger partial charge in [-0.15, -0.1) is 0 Å². The van der Waals surface area contributed by atoms with Crippen LogP contribution >= 0.6 is 7.75 Å². The molecule has 0 saturated heterocycles. The van der Waals surface area contributed by atoms with Gasteiger partial charge in [-0.1, -0.05) is 24.3 Å². The Balaban J connectivity index is 1.94. The molecule has 1 N–H and O–H groups in total. The number of nitrogens with one attached hydrogen (secondary N) is 1. The first kappa shape index (κ1) is 16.9. The van der Waals surface area contributed by atoms with Crippen molar-refractivity contribution >= 4 is 13.4 Å². The number of anilines is 1. The summed E-state index contributed by atoms with van der Waals surface area (Å²) in [6.45, 7) is 0. The van der Waals surface area contributed by atoms with Crippen molar-refractivity contribution in [1.82, 2.24) is 4.98 Å². The first-order valence-electron chi connectivity index (χ1n) is 7.22. The van der Waals surface area contributed by atoms with Crippen LogP contribution in [0, 0.1) is 11.6 Å². The number of halogens is 2. The molecular formula is C17H13F2N2O3P. The molecule has 0 aliphatic rings. The highest BCUT2D eigenvalue weighted by molar-refractivity contribution is 7.56. The Labute approximate surface area is 142 Å². The number of pyridine rings is 1. The highest BCUT2D eigenvalue weighted by Gasteiger charge is 2.31. The van der Waals surface area contributed by atoms with E-state index < -0.39 is 19.4 Å². The molecule has 0 radical (unpaired) electrons. The summed E-state index contributed by atoms with van der Waals surface area (Å²) in [7, 11) is -4.21. The molecule has 5 nitrogen and oxygen atoms in total. The smallest absolute Gasteiger partial charge is 0.397 e. The molecule has 0 saturated carbocycles. The van der Waals surface area contributed by atoms with Crippen molar-refractivity contribution in [1.29, 1.82) is 0 Å². The normalized spacial score (nSPS) is 11.0. The SMILES string of the molecule is O=P(Nc1cccnc1)(Oc1ccccc1F)Oc1ccccc1F. The number of hydrogen-bond acceptors (Lipinski definition) is 4. The summed E-state index contributed by atoms with van der Waals surface area (Å²) < 4.78 is 51.3. The van der Waals surface area contributed by atoms with Gasteiger partial charge >= 0.3 is 7.75 Å². The van der Waals surface area contributed by atoms with Gasteiger partial charge in [-0.2, -0.15) is 0 Å². The fourth-order valence-corrected chi connectivity index (χ4v) is 3.34. The molecule has 3 rings (SSSR count). The van der Waals surface area contributed by atoms with Gasteiger partial charge in [0.1, 0.15) is 0 Å². The first-order valence-corrected chi connectivity index (χ1v) is 8.77. The van der Waals surface area contributed by atoms with Crippen LogP contribution in [0.1, 0.15) is 0 Å². The van der Waals surface area contributed by atoms with E-state index in [0.717, 1.165) is 12.1 Å². The molecule has 0 aliphatic heterocycles. The van der Waals surface area contributed by atoms with E-state index in [-0.39, 0.29) is 11.5 Å². The Morgan fingerprint density at radius 2 is 1.40 bits per heavy atom. The van der Waals surface area contributed by atoms with Crippen LogP contribution < -0.4 is 14.1 Å². The van der Waals surface area contributed by atoms with E-state index in [9.17, 15) is 13.3 Å². The van der Waals surface area contributed by atoms with Gasteiger partial charge in [0.2, 0.25) is 0 Å². The van der Waals surface area contributed by atoms with Gasteiger partial charge in [0.05, 0.1) is 11.9 Å². The minimum absolute atomic E-state index is 0.293. The molecule has 0 amide bonds. The number of aromatic nitrogens is 1. The van der Waals surface area contributed by atoms with E-state index in [2.05, 4.69) is 10.1 Å². The Kier molecular flexibility index (Phi) is 4.95. The van der Waals surface area contributed by atoms with E-state index in [4.69, 9.17) is 9.05 Å². The van der Waals surface area contributed by atoms with E-state index in [0.29, 0.717) is 5.69 Å². The third-order valence-electron chi connectivity index (χ3n) is 3.04. The van der Waals surface area contributed by atoms with Crippen LogP contribution in [0.2, 0.25) is 0 Å². The second-order valence-electron chi connectivity index (χ2n) is 4.89. The maximum Gasteiger partial charge on any atom is 0.541 e. The van der Waals surface area contributed by atoms with Gasteiger partial charge in [0, 0.05) is 6.20 Å². The van der Waals surface area contributed by atoms with Gasteiger partial charge in [0.25, 0.3) is 0 Å². The molecule has 8 heteroatoms. The quantitative estimate of drug-likeness (QED) is 0.623. The van der Waals surface area contributed by atoms with E-state index in [1.54, 1.807) is 12.1 Å².